The van der Waals surface area contributed by atoms with Crippen molar-refractivity contribution in [3.05, 3.63) is 60.4 Å². The molecule has 1 heterocycles. The molecule has 2 aromatic carbocycles. The van der Waals surface area contributed by atoms with Gasteiger partial charge in [-0.3, -0.25) is 9.59 Å². The predicted molar refractivity (Wildman–Crippen MR) is 97.0 cm³/mol. The standard InChI is InChI=1S/C20H21FN2O4/c21-16-6-8-18(9-7-16)27-15-20(25)23-12-10-22(11-13-23)19(24)14-26-17-4-2-1-3-5-17/h1-9H,10-15H2. The largest absolute Gasteiger partial charge is 0.484 e. The summed E-state index contributed by atoms with van der Waals surface area (Å²) in [6.45, 7) is 1.67. The Morgan fingerprint density at radius 3 is 1.67 bits per heavy atom. The molecule has 2 aromatic rings. The third-order valence-electron chi connectivity index (χ3n) is 4.27. The van der Waals surface area contributed by atoms with Crippen molar-refractivity contribution in [2.75, 3.05) is 39.4 Å². The van der Waals surface area contributed by atoms with Crippen LogP contribution in [0, 0.1) is 5.82 Å². The number of para-hydroxylation sites is 1. The van der Waals surface area contributed by atoms with Crippen molar-refractivity contribution in [2.24, 2.45) is 0 Å². The molecule has 0 spiro atoms. The van der Waals surface area contributed by atoms with Crippen LogP contribution in [-0.4, -0.2) is 61.0 Å². The number of piperazine rings is 1. The van der Waals surface area contributed by atoms with Gasteiger partial charge < -0.3 is 19.3 Å². The zero-order chi connectivity index (χ0) is 19.1. The number of benzene rings is 2. The number of carbonyl (C=O) groups is 2. The molecule has 27 heavy (non-hydrogen) atoms. The highest BCUT2D eigenvalue weighted by Crippen LogP contribution is 2.12. The van der Waals surface area contributed by atoms with Crippen molar-refractivity contribution in [1.29, 1.82) is 0 Å². The van der Waals surface area contributed by atoms with Gasteiger partial charge in [0.2, 0.25) is 0 Å². The van der Waals surface area contributed by atoms with Crippen LogP contribution in [0.3, 0.4) is 0 Å². The number of carbonyl (C=O) groups excluding carboxylic acids is 2. The fraction of sp³-hybridized carbons (Fsp3) is 0.300. The minimum Gasteiger partial charge on any atom is -0.484 e. The Labute approximate surface area is 157 Å². The second kappa shape index (κ2) is 9.02. The third-order valence-corrected chi connectivity index (χ3v) is 4.27. The van der Waals surface area contributed by atoms with Gasteiger partial charge in [-0.15, -0.1) is 0 Å². The Kier molecular flexibility index (Phi) is 6.25. The Morgan fingerprint density at radius 1 is 0.741 bits per heavy atom. The van der Waals surface area contributed by atoms with Gasteiger partial charge in [0.05, 0.1) is 0 Å². The van der Waals surface area contributed by atoms with Gasteiger partial charge in [-0.2, -0.15) is 0 Å². The molecule has 0 aromatic heterocycles. The van der Waals surface area contributed by atoms with Crippen molar-refractivity contribution >= 4 is 11.8 Å². The lowest BCUT2D eigenvalue weighted by molar-refractivity contribution is -0.141. The van der Waals surface area contributed by atoms with E-state index in [1.54, 1.807) is 21.9 Å². The van der Waals surface area contributed by atoms with E-state index in [4.69, 9.17) is 9.47 Å². The molecule has 0 saturated carbocycles. The molecule has 0 atom stereocenters. The van der Waals surface area contributed by atoms with Gasteiger partial charge in [-0.25, -0.2) is 4.39 Å². The zero-order valence-electron chi connectivity index (χ0n) is 14.8. The Bertz CT molecular complexity index is 759. The summed E-state index contributed by atoms with van der Waals surface area (Å²) in [6.07, 6.45) is 0. The lowest BCUT2D eigenvalue weighted by Crippen LogP contribution is -2.52. The van der Waals surface area contributed by atoms with Gasteiger partial charge in [0.1, 0.15) is 17.3 Å². The molecule has 0 aliphatic carbocycles. The summed E-state index contributed by atoms with van der Waals surface area (Å²) in [5.74, 6) is 0.473. The average molecular weight is 372 g/mol. The van der Waals surface area contributed by atoms with E-state index in [0.29, 0.717) is 37.7 Å². The third kappa shape index (κ3) is 5.44. The maximum absolute atomic E-state index is 12.9. The number of hydrogen-bond donors (Lipinski definition) is 0. The van der Waals surface area contributed by atoms with E-state index in [0.717, 1.165) is 0 Å². The quantitative estimate of drug-likeness (QED) is 0.778. The summed E-state index contributed by atoms with van der Waals surface area (Å²) in [7, 11) is 0. The van der Waals surface area contributed by atoms with Gasteiger partial charge in [-0.1, -0.05) is 18.2 Å². The minimum atomic E-state index is -0.356. The van der Waals surface area contributed by atoms with Crippen LogP contribution >= 0.6 is 0 Å². The van der Waals surface area contributed by atoms with Crippen molar-refractivity contribution in [3.8, 4) is 11.5 Å². The fourth-order valence-corrected chi connectivity index (χ4v) is 2.73. The van der Waals surface area contributed by atoms with Gasteiger partial charge in [0, 0.05) is 26.2 Å². The number of halogens is 1. The molecule has 2 amide bonds. The summed E-state index contributed by atoms with van der Waals surface area (Å²) < 4.78 is 23.7. The van der Waals surface area contributed by atoms with E-state index in [1.165, 1.54) is 24.3 Å². The van der Waals surface area contributed by atoms with Crippen molar-refractivity contribution in [1.82, 2.24) is 9.80 Å². The number of amides is 2. The van der Waals surface area contributed by atoms with E-state index in [-0.39, 0.29) is 30.8 Å². The number of rotatable bonds is 6. The topological polar surface area (TPSA) is 59.1 Å². The molecule has 0 N–H and O–H groups in total. The van der Waals surface area contributed by atoms with Crippen LogP contribution in [0.5, 0.6) is 11.5 Å². The molecule has 7 heteroatoms. The van der Waals surface area contributed by atoms with E-state index in [9.17, 15) is 14.0 Å². The van der Waals surface area contributed by atoms with Crippen LogP contribution in [0.15, 0.2) is 54.6 Å². The summed E-state index contributed by atoms with van der Waals surface area (Å²) in [6, 6.07) is 14.7. The molecule has 0 radical (unpaired) electrons. The van der Waals surface area contributed by atoms with Crippen LogP contribution in [0.2, 0.25) is 0 Å². The first-order chi connectivity index (χ1) is 13.1. The Hall–Kier alpha value is -3.09. The molecule has 6 nitrogen and oxygen atoms in total. The fourth-order valence-electron chi connectivity index (χ4n) is 2.73. The molecule has 1 aliphatic rings. The van der Waals surface area contributed by atoms with Crippen LogP contribution in [0.1, 0.15) is 0 Å². The monoisotopic (exact) mass is 372 g/mol. The summed E-state index contributed by atoms with van der Waals surface area (Å²) in [5.41, 5.74) is 0. The van der Waals surface area contributed by atoms with Gasteiger partial charge in [0.15, 0.2) is 13.2 Å². The first-order valence-electron chi connectivity index (χ1n) is 8.73. The maximum Gasteiger partial charge on any atom is 0.260 e. The maximum atomic E-state index is 12.9. The second-order valence-corrected chi connectivity index (χ2v) is 6.11. The number of ether oxygens (including phenoxy) is 2. The number of nitrogens with zero attached hydrogens (tertiary/aromatic N) is 2. The summed E-state index contributed by atoms with van der Waals surface area (Å²) in [5, 5.41) is 0. The first kappa shape index (κ1) is 18.7. The van der Waals surface area contributed by atoms with Crippen molar-refractivity contribution in [3.63, 3.8) is 0 Å². The Morgan fingerprint density at radius 2 is 1.19 bits per heavy atom. The second-order valence-electron chi connectivity index (χ2n) is 6.11. The molecule has 3 rings (SSSR count). The average Bonchev–Trinajstić information content (AvgIpc) is 2.72. The molecule has 1 fully saturated rings. The van der Waals surface area contributed by atoms with Gasteiger partial charge in [0.25, 0.3) is 11.8 Å². The van der Waals surface area contributed by atoms with E-state index >= 15 is 0 Å². The highest BCUT2D eigenvalue weighted by atomic mass is 19.1. The zero-order valence-corrected chi connectivity index (χ0v) is 14.8. The normalized spacial score (nSPS) is 14.0. The van der Waals surface area contributed by atoms with Crippen LogP contribution in [0.25, 0.3) is 0 Å². The van der Waals surface area contributed by atoms with E-state index in [1.807, 2.05) is 18.2 Å². The van der Waals surface area contributed by atoms with Crippen molar-refractivity contribution < 1.29 is 23.5 Å². The van der Waals surface area contributed by atoms with Gasteiger partial charge >= 0.3 is 0 Å². The highest BCUT2D eigenvalue weighted by molar-refractivity contribution is 5.80. The summed E-state index contributed by atoms with van der Waals surface area (Å²) >= 11 is 0. The molecule has 1 aliphatic heterocycles. The minimum absolute atomic E-state index is 0.0222. The van der Waals surface area contributed by atoms with Gasteiger partial charge in [-0.05, 0) is 36.4 Å². The Balaban J connectivity index is 1.39. The van der Waals surface area contributed by atoms with Crippen LogP contribution in [0.4, 0.5) is 4.39 Å². The van der Waals surface area contributed by atoms with Crippen molar-refractivity contribution in [2.45, 2.75) is 0 Å². The lowest BCUT2D eigenvalue weighted by Gasteiger charge is -2.34. The van der Waals surface area contributed by atoms with E-state index in [2.05, 4.69) is 0 Å². The molecule has 0 bridgehead atoms. The molecule has 1 saturated heterocycles. The SMILES string of the molecule is O=C(COc1ccccc1)N1CCN(C(=O)COc2ccc(F)cc2)CC1. The predicted octanol–water partition coefficient (Wildman–Crippen LogP) is 1.95. The van der Waals surface area contributed by atoms with Crippen LogP contribution in [-0.2, 0) is 9.59 Å². The summed E-state index contributed by atoms with van der Waals surface area (Å²) in [4.78, 5) is 27.8. The molecule has 142 valence electrons. The molecule has 0 unspecified atom stereocenters. The smallest absolute Gasteiger partial charge is 0.260 e. The van der Waals surface area contributed by atoms with Crippen LogP contribution < -0.4 is 9.47 Å². The molecular formula is C20H21FN2O4. The highest BCUT2D eigenvalue weighted by Gasteiger charge is 2.24. The number of hydrogen-bond acceptors (Lipinski definition) is 4. The lowest BCUT2D eigenvalue weighted by atomic mass is 10.3. The molecular weight excluding hydrogens is 351 g/mol. The first-order valence-corrected chi connectivity index (χ1v) is 8.73. The van der Waals surface area contributed by atoms with E-state index < -0.39 is 0 Å².